The number of hydrogen-bond donors (Lipinski definition) is 0. The van der Waals surface area contributed by atoms with Gasteiger partial charge in [0.05, 0.1) is 19.1 Å². The number of aryl methyl sites for hydroxylation is 1. The molecule has 1 aromatic heterocycles. The Hall–Kier alpha value is -1.73. The van der Waals surface area contributed by atoms with Gasteiger partial charge in [0.2, 0.25) is 11.9 Å². The van der Waals surface area contributed by atoms with Crippen molar-refractivity contribution in [2.75, 3.05) is 57.4 Å². The number of amides is 1. The minimum atomic E-state index is 0.162. The predicted octanol–water partition coefficient (Wildman–Crippen LogP) is 1.32. The van der Waals surface area contributed by atoms with E-state index >= 15 is 0 Å². The molecular weight excluding hydrogens is 342 g/mol. The van der Waals surface area contributed by atoms with Crippen molar-refractivity contribution in [1.29, 1.82) is 0 Å². The van der Waals surface area contributed by atoms with Crippen LogP contribution in [0.1, 0.15) is 31.4 Å². The summed E-state index contributed by atoms with van der Waals surface area (Å²) in [5.74, 6) is 1.36. The van der Waals surface area contributed by atoms with Crippen molar-refractivity contribution in [3.8, 4) is 0 Å². The van der Waals surface area contributed by atoms with Gasteiger partial charge < -0.3 is 14.5 Å². The lowest BCUT2D eigenvalue weighted by molar-refractivity contribution is -0.141. The van der Waals surface area contributed by atoms with E-state index < -0.39 is 0 Å². The number of hydrogen-bond acceptors (Lipinski definition) is 6. The molecule has 0 N–H and O–H groups in total. The number of aromatic nitrogens is 2. The minimum absolute atomic E-state index is 0.162. The molecule has 7 heteroatoms. The molecule has 0 bridgehead atoms. The van der Waals surface area contributed by atoms with Crippen LogP contribution in [-0.2, 0) is 9.53 Å². The molecule has 148 valence electrons. The first-order valence-corrected chi connectivity index (χ1v) is 10.4. The first-order chi connectivity index (χ1) is 13.2. The monoisotopic (exact) mass is 373 g/mol. The van der Waals surface area contributed by atoms with Gasteiger partial charge in [-0.3, -0.25) is 9.69 Å². The van der Waals surface area contributed by atoms with Gasteiger partial charge in [0.1, 0.15) is 0 Å². The first-order valence-electron chi connectivity index (χ1n) is 10.4. The van der Waals surface area contributed by atoms with Crippen LogP contribution in [0.4, 0.5) is 5.95 Å². The SMILES string of the molecule is Cc1ccnc(N2CCC(N3CCC[C@H](C(=O)N4CCOCC4)C3)CC2)n1. The van der Waals surface area contributed by atoms with Gasteiger partial charge in [-0.05, 0) is 45.2 Å². The Bertz CT molecular complexity index is 641. The predicted molar refractivity (Wildman–Crippen MR) is 104 cm³/mol. The topological polar surface area (TPSA) is 61.8 Å². The lowest BCUT2D eigenvalue weighted by atomic mass is 9.92. The molecule has 0 radical (unpaired) electrons. The van der Waals surface area contributed by atoms with Crippen LogP contribution in [0.15, 0.2) is 12.3 Å². The van der Waals surface area contributed by atoms with Crippen molar-refractivity contribution in [3.63, 3.8) is 0 Å². The third-order valence-corrected chi connectivity index (χ3v) is 6.17. The summed E-state index contributed by atoms with van der Waals surface area (Å²) in [6.07, 6.45) is 6.24. The quantitative estimate of drug-likeness (QED) is 0.797. The standard InChI is InChI=1S/C20H31N5O2/c1-16-4-7-21-20(22-16)24-9-5-18(6-10-24)25-8-2-3-17(15-25)19(26)23-11-13-27-14-12-23/h4,7,17-18H,2-3,5-6,8-15H2,1H3/t17-/m0/s1. The second-order valence-electron chi connectivity index (χ2n) is 7.99. The fourth-order valence-corrected chi connectivity index (χ4v) is 4.60. The minimum Gasteiger partial charge on any atom is -0.378 e. The molecule has 3 saturated heterocycles. The van der Waals surface area contributed by atoms with E-state index in [2.05, 4.69) is 19.8 Å². The third-order valence-electron chi connectivity index (χ3n) is 6.17. The maximum Gasteiger partial charge on any atom is 0.227 e. The van der Waals surface area contributed by atoms with Crippen LogP contribution < -0.4 is 4.90 Å². The molecule has 0 spiro atoms. The zero-order chi connectivity index (χ0) is 18.6. The lowest BCUT2D eigenvalue weighted by Gasteiger charge is -2.43. The summed E-state index contributed by atoms with van der Waals surface area (Å²) in [6, 6.07) is 2.52. The average molecular weight is 374 g/mol. The smallest absolute Gasteiger partial charge is 0.227 e. The summed E-state index contributed by atoms with van der Waals surface area (Å²) in [5.41, 5.74) is 1.02. The first kappa shape index (κ1) is 18.6. The van der Waals surface area contributed by atoms with E-state index in [1.54, 1.807) is 0 Å². The fourth-order valence-electron chi connectivity index (χ4n) is 4.60. The Morgan fingerprint density at radius 1 is 1.11 bits per heavy atom. The second kappa shape index (κ2) is 8.52. The number of nitrogens with zero attached hydrogens (tertiary/aromatic N) is 5. The Labute approximate surface area is 161 Å². The Morgan fingerprint density at radius 3 is 2.63 bits per heavy atom. The number of ether oxygens (including phenoxy) is 1. The number of morpholine rings is 1. The molecule has 0 saturated carbocycles. The highest BCUT2D eigenvalue weighted by Crippen LogP contribution is 2.26. The summed E-state index contributed by atoms with van der Waals surface area (Å²) < 4.78 is 5.39. The normalized spacial score (nSPS) is 25.6. The van der Waals surface area contributed by atoms with Crippen LogP contribution in [0.3, 0.4) is 0 Å². The molecule has 3 aliphatic rings. The van der Waals surface area contributed by atoms with Gasteiger partial charge in [0.15, 0.2) is 0 Å². The molecule has 1 amide bonds. The van der Waals surface area contributed by atoms with Gasteiger partial charge in [-0.15, -0.1) is 0 Å². The Kier molecular flexibility index (Phi) is 5.88. The van der Waals surface area contributed by atoms with Crippen molar-refractivity contribution in [2.45, 2.75) is 38.6 Å². The number of rotatable bonds is 3. The second-order valence-corrected chi connectivity index (χ2v) is 7.99. The maximum absolute atomic E-state index is 12.9. The van der Waals surface area contributed by atoms with Crippen LogP contribution in [-0.4, -0.2) is 84.2 Å². The number of carbonyl (C=O) groups is 1. The van der Waals surface area contributed by atoms with Gasteiger partial charge >= 0.3 is 0 Å². The van der Waals surface area contributed by atoms with E-state index in [4.69, 9.17) is 4.74 Å². The molecule has 0 aliphatic carbocycles. The zero-order valence-corrected chi connectivity index (χ0v) is 16.3. The molecule has 7 nitrogen and oxygen atoms in total. The number of carbonyl (C=O) groups excluding carboxylic acids is 1. The molecule has 27 heavy (non-hydrogen) atoms. The van der Waals surface area contributed by atoms with Crippen LogP contribution in [0.25, 0.3) is 0 Å². The Morgan fingerprint density at radius 2 is 1.89 bits per heavy atom. The van der Waals surface area contributed by atoms with Crippen molar-refractivity contribution in [2.24, 2.45) is 5.92 Å². The summed E-state index contributed by atoms with van der Waals surface area (Å²) in [5, 5.41) is 0. The van der Waals surface area contributed by atoms with E-state index in [0.717, 1.165) is 76.6 Å². The molecule has 0 unspecified atom stereocenters. The summed E-state index contributed by atoms with van der Waals surface area (Å²) in [6.45, 7) is 8.91. The van der Waals surface area contributed by atoms with Crippen LogP contribution >= 0.6 is 0 Å². The van der Waals surface area contributed by atoms with E-state index in [0.29, 0.717) is 25.2 Å². The number of anilines is 1. The van der Waals surface area contributed by atoms with Crippen molar-refractivity contribution < 1.29 is 9.53 Å². The maximum atomic E-state index is 12.9. The summed E-state index contributed by atoms with van der Waals surface area (Å²) >= 11 is 0. The number of piperidine rings is 2. The highest BCUT2D eigenvalue weighted by Gasteiger charge is 2.34. The van der Waals surface area contributed by atoms with E-state index in [9.17, 15) is 4.79 Å². The molecule has 1 aromatic rings. The highest BCUT2D eigenvalue weighted by atomic mass is 16.5. The van der Waals surface area contributed by atoms with E-state index in [-0.39, 0.29) is 5.92 Å². The molecule has 0 aromatic carbocycles. The average Bonchev–Trinajstić information content (AvgIpc) is 2.74. The zero-order valence-electron chi connectivity index (χ0n) is 16.3. The van der Waals surface area contributed by atoms with Crippen LogP contribution in [0.2, 0.25) is 0 Å². The molecule has 4 heterocycles. The fraction of sp³-hybridized carbons (Fsp3) is 0.750. The molecule has 1 atom stereocenters. The van der Waals surface area contributed by atoms with Crippen LogP contribution in [0, 0.1) is 12.8 Å². The van der Waals surface area contributed by atoms with Gasteiger partial charge in [-0.2, -0.15) is 0 Å². The van der Waals surface area contributed by atoms with Crippen LogP contribution in [0.5, 0.6) is 0 Å². The lowest BCUT2D eigenvalue weighted by Crippen LogP contribution is -2.52. The van der Waals surface area contributed by atoms with Crippen molar-refractivity contribution in [1.82, 2.24) is 19.8 Å². The van der Waals surface area contributed by atoms with E-state index in [1.165, 1.54) is 0 Å². The largest absolute Gasteiger partial charge is 0.378 e. The number of likely N-dealkylation sites (tertiary alicyclic amines) is 1. The molecule has 3 fully saturated rings. The summed E-state index contributed by atoms with van der Waals surface area (Å²) in [4.78, 5) is 28.7. The van der Waals surface area contributed by atoms with Gasteiger partial charge in [0, 0.05) is 50.7 Å². The van der Waals surface area contributed by atoms with Crippen molar-refractivity contribution >= 4 is 11.9 Å². The highest BCUT2D eigenvalue weighted by molar-refractivity contribution is 5.79. The molecule has 3 aliphatic heterocycles. The van der Waals surface area contributed by atoms with Crippen molar-refractivity contribution in [3.05, 3.63) is 18.0 Å². The molecule has 4 rings (SSSR count). The van der Waals surface area contributed by atoms with E-state index in [1.807, 2.05) is 24.1 Å². The molecular formula is C20H31N5O2. The van der Waals surface area contributed by atoms with Gasteiger partial charge in [-0.1, -0.05) is 0 Å². The van der Waals surface area contributed by atoms with Gasteiger partial charge in [0.25, 0.3) is 0 Å². The third kappa shape index (κ3) is 4.41. The van der Waals surface area contributed by atoms with Gasteiger partial charge in [-0.25, -0.2) is 9.97 Å². The Balaban J connectivity index is 1.31. The summed E-state index contributed by atoms with van der Waals surface area (Å²) in [7, 11) is 0.